The highest BCUT2D eigenvalue weighted by atomic mass is 31.2. The van der Waals surface area contributed by atoms with Gasteiger partial charge in [-0.25, -0.2) is 0 Å². The molecule has 1 rings (SSSR count). The van der Waals surface area contributed by atoms with E-state index in [1.807, 2.05) is 13.0 Å². The molecular formula is C9H11O2P. The van der Waals surface area contributed by atoms with Gasteiger partial charge in [0, 0.05) is 5.31 Å². The predicted molar refractivity (Wildman–Crippen MR) is 49.9 cm³/mol. The molecule has 12 heavy (non-hydrogen) atoms. The van der Waals surface area contributed by atoms with Crippen molar-refractivity contribution in [3.8, 4) is 12.1 Å². The summed E-state index contributed by atoms with van der Waals surface area (Å²) in [6.45, 7) is 5.38. The Balaban J connectivity index is 3.08. The molecule has 0 bridgehead atoms. The van der Waals surface area contributed by atoms with E-state index in [0.717, 1.165) is 6.42 Å². The van der Waals surface area contributed by atoms with E-state index in [1.54, 1.807) is 0 Å². The van der Waals surface area contributed by atoms with Crippen LogP contribution in [0.4, 0.5) is 0 Å². The standard InChI is InChI=1S/C9H11O2P/c1-4-9-7-6-8(3)11-12(9,10)5-2/h2,4,7-8H,1,6H2,3H3/t8-,12?/m0/s1. The summed E-state index contributed by atoms with van der Waals surface area (Å²) in [5, 5.41) is 0.558. The Morgan fingerprint density at radius 1 is 2.00 bits per heavy atom. The van der Waals surface area contributed by atoms with E-state index in [0.29, 0.717) is 5.31 Å². The zero-order chi connectivity index (χ0) is 9.19. The summed E-state index contributed by atoms with van der Waals surface area (Å²) in [5.74, 6) is 0. The Morgan fingerprint density at radius 2 is 2.67 bits per heavy atom. The van der Waals surface area contributed by atoms with Crippen molar-refractivity contribution in [1.82, 2.24) is 0 Å². The highest BCUT2D eigenvalue weighted by molar-refractivity contribution is 7.68. The molecule has 0 spiro atoms. The van der Waals surface area contributed by atoms with Gasteiger partial charge in [0.25, 0.3) is 0 Å². The largest absolute Gasteiger partial charge is 0.313 e. The third kappa shape index (κ3) is 1.53. The fourth-order valence-corrected chi connectivity index (χ4v) is 2.58. The van der Waals surface area contributed by atoms with E-state index in [9.17, 15) is 4.57 Å². The number of allylic oxidation sites excluding steroid dienone is 2. The van der Waals surface area contributed by atoms with E-state index in [1.165, 1.54) is 6.08 Å². The lowest BCUT2D eigenvalue weighted by Crippen LogP contribution is -2.09. The summed E-state index contributed by atoms with van der Waals surface area (Å²) in [4.78, 5) is 0. The molecule has 0 fully saturated rings. The lowest BCUT2D eigenvalue weighted by Gasteiger charge is -2.23. The van der Waals surface area contributed by atoms with Crippen molar-refractivity contribution in [2.45, 2.75) is 19.4 Å². The summed E-state index contributed by atoms with van der Waals surface area (Å²) in [6.07, 6.45) is 9.16. The molecule has 3 heteroatoms. The third-order valence-electron chi connectivity index (χ3n) is 1.71. The molecule has 0 amide bonds. The van der Waals surface area contributed by atoms with Crippen LogP contribution in [0.3, 0.4) is 0 Å². The highest BCUT2D eigenvalue weighted by Crippen LogP contribution is 2.57. The highest BCUT2D eigenvalue weighted by Gasteiger charge is 2.29. The maximum absolute atomic E-state index is 11.8. The smallest absolute Gasteiger partial charge is 0.302 e. The predicted octanol–water partition coefficient (Wildman–Crippen LogP) is 2.73. The van der Waals surface area contributed by atoms with E-state index in [-0.39, 0.29) is 6.10 Å². The molecule has 0 aromatic heterocycles. The van der Waals surface area contributed by atoms with Gasteiger partial charge in [-0.15, -0.1) is 6.42 Å². The lowest BCUT2D eigenvalue weighted by molar-refractivity contribution is 0.230. The van der Waals surface area contributed by atoms with E-state index < -0.39 is 7.37 Å². The van der Waals surface area contributed by atoms with Gasteiger partial charge < -0.3 is 4.52 Å². The zero-order valence-corrected chi connectivity index (χ0v) is 7.88. The molecule has 1 aliphatic heterocycles. The molecule has 0 saturated carbocycles. The average molecular weight is 182 g/mol. The van der Waals surface area contributed by atoms with Crippen molar-refractivity contribution in [3.63, 3.8) is 0 Å². The molecule has 1 heterocycles. The molecule has 0 aliphatic carbocycles. The van der Waals surface area contributed by atoms with E-state index >= 15 is 0 Å². The Kier molecular flexibility index (Phi) is 2.57. The Morgan fingerprint density at radius 3 is 3.17 bits per heavy atom. The third-order valence-corrected chi connectivity index (χ3v) is 3.75. The van der Waals surface area contributed by atoms with Crippen LogP contribution < -0.4 is 0 Å². The van der Waals surface area contributed by atoms with Crippen molar-refractivity contribution in [1.29, 1.82) is 0 Å². The van der Waals surface area contributed by atoms with Gasteiger partial charge in [0.15, 0.2) is 0 Å². The number of rotatable bonds is 1. The summed E-state index contributed by atoms with van der Waals surface area (Å²) >= 11 is 0. The van der Waals surface area contributed by atoms with Crippen molar-refractivity contribution < 1.29 is 9.09 Å². The van der Waals surface area contributed by atoms with Crippen LogP contribution >= 0.6 is 7.37 Å². The van der Waals surface area contributed by atoms with E-state index in [2.05, 4.69) is 12.2 Å². The van der Waals surface area contributed by atoms with Gasteiger partial charge in [0.1, 0.15) is 0 Å². The van der Waals surface area contributed by atoms with Crippen LogP contribution in [0.2, 0.25) is 0 Å². The van der Waals surface area contributed by atoms with Gasteiger partial charge in [0.2, 0.25) is 0 Å². The molecule has 1 aliphatic rings. The number of terminal acetylenes is 1. The molecule has 2 nitrogen and oxygen atoms in total. The summed E-state index contributed by atoms with van der Waals surface area (Å²) in [5.41, 5.74) is 2.21. The number of hydrogen-bond donors (Lipinski definition) is 0. The van der Waals surface area contributed by atoms with Crippen molar-refractivity contribution in [2.24, 2.45) is 0 Å². The zero-order valence-electron chi connectivity index (χ0n) is 6.99. The molecule has 0 N–H and O–H groups in total. The van der Waals surface area contributed by atoms with Crippen LogP contribution in [-0.2, 0) is 9.09 Å². The first-order valence-electron chi connectivity index (χ1n) is 3.72. The van der Waals surface area contributed by atoms with Crippen LogP contribution in [0.1, 0.15) is 13.3 Å². The second-order valence-corrected chi connectivity index (χ2v) is 4.75. The van der Waals surface area contributed by atoms with Gasteiger partial charge in [-0.2, -0.15) is 0 Å². The topological polar surface area (TPSA) is 26.3 Å². The van der Waals surface area contributed by atoms with Crippen LogP contribution in [-0.4, -0.2) is 6.10 Å². The van der Waals surface area contributed by atoms with Gasteiger partial charge in [-0.3, -0.25) is 4.57 Å². The van der Waals surface area contributed by atoms with Gasteiger partial charge in [0.05, 0.1) is 6.10 Å². The van der Waals surface area contributed by atoms with Crippen LogP contribution in [0, 0.1) is 12.1 Å². The van der Waals surface area contributed by atoms with Crippen LogP contribution in [0.25, 0.3) is 0 Å². The minimum Gasteiger partial charge on any atom is -0.313 e. The molecule has 0 aromatic rings. The average Bonchev–Trinajstić information content (AvgIpc) is 2.05. The summed E-state index contributed by atoms with van der Waals surface area (Å²) in [6, 6.07) is 0. The minimum atomic E-state index is -2.99. The van der Waals surface area contributed by atoms with Crippen LogP contribution in [0.15, 0.2) is 24.0 Å². The minimum absolute atomic E-state index is 0.0596. The monoisotopic (exact) mass is 182 g/mol. The molecule has 2 atom stereocenters. The fourth-order valence-electron chi connectivity index (χ4n) is 1.07. The second-order valence-electron chi connectivity index (χ2n) is 2.67. The summed E-state index contributed by atoms with van der Waals surface area (Å²) in [7, 11) is -2.99. The maximum atomic E-state index is 11.8. The second kappa shape index (κ2) is 3.31. The first kappa shape index (κ1) is 9.32. The van der Waals surface area contributed by atoms with Gasteiger partial charge in [-0.1, -0.05) is 18.7 Å². The molecule has 0 radical (unpaired) electrons. The molecule has 1 unspecified atom stereocenters. The lowest BCUT2D eigenvalue weighted by atomic mass is 10.2. The molecular weight excluding hydrogens is 171 g/mol. The SMILES string of the molecule is C#CP1(=O)O[C@@H](C)CC=C1C=C. The van der Waals surface area contributed by atoms with E-state index in [4.69, 9.17) is 10.9 Å². The first-order chi connectivity index (χ1) is 5.62. The molecule has 64 valence electrons. The number of hydrogen-bond acceptors (Lipinski definition) is 2. The fraction of sp³-hybridized carbons (Fsp3) is 0.333. The Bertz CT molecular complexity index is 309. The quantitative estimate of drug-likeness (QED) is 0.460. The van der Waals surface area contributed by atoms with Gasteiger partial charge >= 0.3 is 7.37 Å². The Hall–Kier alpha value is -0.770. The first-order valence-corrected chi connectivity index (χ1v) is 5.34. The Labute approximate surface area is 72.8 Å². The molecule has 0 saturated heterocycles. The van der Waals surface area contributed by atoms with Crippen LogP contribution in [0.5, 0.6) is 0 Å². The van der Waals surface area contributed by atoms with Gasteiger partial charge in [-0.05, 0) is 19.0 Å². The normalized spacial score (nSPS) is 35.0. The summed E-state index contributed by atoms with van der Waals surface area (Å²) < 4.78 is 17.0. The van der Waals surface area contributed by atoms with Crippen molar-refractivity contribution in [3.05, 3.63) is 24.0 Å². The van der Waals surface area contributed by atoms with Crippen molar-refractivity contribution >= 4 is 7.37 Å². The molecule has 0 aromatic carbocycles. The van der Waals surface area contributed by atoms with Crippen molar-refractivity contribution in [2.75, 3.05) is 0 Å². The maximum Gasteiger partial charge on any atom is 0.302 e.